The number of nitrogens with zero attached hydrogens (tertiary/aromatic N) is 1. The Bertz CT molecular complexity index is 571. The van der Waals surface area contributed by atoms with Crippen molar-refractivity contribution in [2.45, 2.75) is 25.9 Å². The number of benzene rings is 1. The molecule has 21 heavy (non-hydrogen) atoms. The molecule has 2 aromatic rings. The average molecular weight is 305 g/mol. The first kappa shape index (κ1) is 15.5. The number of aliphatic hydroxyl groups is 1. The van der Waals surface area contributed by atoms with Gasteiger partial charge in [-0.2, -0.15) is 0 Å². The lowest BCUT2D eigenvalue weighted by molar-refractivity contribution is 0.172. The van der Waals surface area contributed by atoms with Crippen LogP contribution in [0.25, 0.3) is 0 Å². The highest BCUT2D eigenvalue weighted by atomic mass is 32.1. The van der Waals surface area contributed by atoms with E-state index in [1.807, 2.05) is 37.3 Å². The van der Waals surface area contributed by atoms with Gasteiger partial charge in [0.1, 0.15) is 0 Å². The average Bonchev–Trinajstić information content (AvgIpc) is 2.94. The van der Waals surface area contributed by atoms with Crippen molar-refractivity contribution in [2.24, 2.45) is 0 Å². The van der Waals surface area contributed by atoms with E-state index in [0.717, 1.165) is 16.9 Å². The number of aryl methyl sites for hydroxylation is 1. The second-order valence-corrected chi connectivity index (χ2v) is 5.78. The zero-order valence-electron chi connectivity index (χ0n) is 11.9. The number of thiazole rings is 1. The van der Waals surface area contributed by atoms with Gasteiger partial charge in [0.15, 0.2) is 5.13 Å². The van der Waals surface area contributed by atoms with E-state index in [-0.39, 0.29) is 12.6 Å². The molecule has 0 aliphatic rings. The maximum Gasteiger partial charge on any atom is 0.321 e. The predicted molar refractivity (Wildman–Crippen MR) is 84.7 cm³/mol. The zero-order valence-corrected chi connectivity index (χ0v) is 12.7. The van der Waals surface area contributed by atoms with Crippen LogP contribution in [0.15, 0.2) is 36.5 Å². The Balaban J connectivity index is 1.73. The highest BCUT2D eigenvalue weighted by molar-refractivity contribution is 7.15. The Morgan fingerprint density at radius 1 is 1.38 bits per heavy atom. The summed E-state index contributed by atoms with van der Waals surface area (Å²) in [6.07, 6.45) is 2.56. The number of anilines is 1. The Morgan fingerprint density at radius 2 is 2.14 bits per heavy atom. The third-order valence-corrected chi connectivity index (χ3v) is 3.99. The van der Waals surface area contributed by atoms with E-state index in [9.17, 15) is 9.90 Å². The van der Waals surface area contributed by atoms with Crippen LogP contribution in [-0.2, 0) is 12.8 Å². The van der Waals surface area contributed by atoms with Gasteiger partial charge in [0, 0.05) is 24.0 Å². The fourth-order valence-corrected chi connectivity index (χ4v) is 2.59. The molecule has 0 saturated heterocycles. The molecule has 1 aromatic carbocycles. The van der Waals surface area contributed by atoms with E-state index < -0.39 is 6.10 Å². The highest BCUT2D eigenvalue weighted by Gasteiger charge is 2.09. The number of aliphatic hydroxyl groups excluding tert-OH is 1. The summed E-state index contributed by atoms with van der Waals surface area (Å²) < 4.78 is 0. The molecule has 1 aromatic heterocycles. The molecule has 0 spiro atoms. The minimum absolute atomic E-state index is 0.201. The van der Waals surface area contributed by atoms with E-state index in [4.69, 9.17) is 0 Å². The van der Waals surface area contributed by atoms with Gasteiger partial charge in [0.2, 0.25) is 0 Å². The van der Waals surface area contributed by atoms with Crippen molar-refractivity contribution in [3.8, 4) is 0 Å². The van der Waals surface area contributed by atoms with Crippen molar-refractivity contribution in [1.82, 2.24) is 10.3 Å². The van der Waals surface area contributed by atoms with E-state index >= 15 is 0 Å². The van der Waals surface area contributed by atoms with E-state index in [1.54, 1.807) is 6.20 Å². The van der Waals surface area contributed by atoms with Crippen molar-refractivity contribution in [3.05, 3.63) is 47.0 Å². The van der Waals surface area contributed by atoms with Crippen LogP contribution in [0.4, 0.5) is 9.93 Å². The number of aromatic nitrogens is 1. The molecule has 112 valence electrons. The predicted octanol–water partition coefficient (Wildman–Crippen LogP) is 2.43. The summed E-state index contributed by atoms with van der Waals surface area (Å²) >= 11 is 1.45. The number of nitrogens with one attached hydrogen (secondary N) is 2. The molecule has 1 heterocycles. The first-order chi connectivity index (χ1) is 10.2. The summed E-state index contributed by atoms with van der Waals surface area (Å²) in [6, 6.07) is 9.33. The largest absolute Gasteiger partial charge is 0.391 e. The lowest BCUT2D eigenvalue weighted by Gasteiger charge is -2.12. The molecule has 0 bridgehead atoms. The number of carbonyl (C=O) groups is 1. The van der Waals surface area contributed by atoms with Gasteiger partial charge in [-0.05, 0) is 12.0 Å². The van der Waals surface area contributed by atoms with Crippen LogP contribution in [0, 0.1) is 0 Å². The molecule has 5 nitrogen and oxygen atoms in total. The van der Waals surface area contributed by atoms with Crippen molar-refractivity contribution < 1.29 is 9.90 Å². The number of carbonyl (C=O) groups excluding carboxylic acids is 1. The number of urea groups is 1. The molecule has 1 unspecified atom stereocenters. The summed E-state index contributed by atoms with van der Waals surface area (Å²) in [5.41, 5.74) is 1.04. The SMILES string of the molecule is CCc1cnc(NC(=O)NCC(O)Cc2ccccc2)s1. The first-order valence-electron chi connectivity index (χ1n) is 6.89. The van der Waals surface area contributed by atoms with Gasteiger partial charge in [-0.3, -0.25) is 5.32 Å². The lowest BCUT2D eigenvalue weighted by atomic mass is 10.1. The fraction of sp³-hybridized carbons (Fsp3) is 0.333. The van der Waals surface area contributed by atoms with Gasteiger partial charge in [0.05, 0.1) is 6.10 Å². The standard InChI is InChI=1S/C15H19N3O2S/c1-2-13-10-17-15(21-13)18-14(20)16-9-12(19)8-11-6-4-3-5-7-11/h3-7,10,12,19H,2,8-9H2,1H3,(H2,16,17,18,20). The number of amides is 2. The molecule has 2 rings (SSSR count). The van der Waals surface area contributed by atoms with Crippen molar-refractivity contribution in [1.29, 1.82) is 0 Å². The Morgan fingerprint density at radius 3 is 2.81 bits per heavy atom. The van der Waals surface area contributed by atoms with Gasteiger partial charge in [-0.15, -0.1) is 11.3 Å². The summed E-state index contributed by atoms with van der Waals surface area (Å²) in [5, 5.41) is 15.8. The lowest BCUT2D eigenvalue weighted by Crippen LogP contribution is -2.36. The molecule has 0 radical (unpaired) electrons. The number of hydrogen-bond acceptors (Lipinski definition) is 4. The van der Waals surface area contributed by atoms with Gasteiger partial charge >= 0.3 is 6.03 Å². The van der Waals surface area contributed by atoms with Crippen LogP contribution in [0.1, 0.15) is 17.4 Å². The normalized spacial score (nSPS) is 11.9. The second kappa shape index (κ2) is 7.75. The second-order valence-electron chi connectivity index (χ2n) is 4.66. The van der Waals surface area contributed by atoms with E-state index in [0.29, 0.717) is 11.6 Å². The fourth-order valence-electron chi connectivity index (χ4n) is 1.84. The topological polar surface area (TPSA) is 74.2 Å². The summed E-state index contributed by atoms with van der Waals surface area (Å²) in [4.78, 5) is 16.9. The molecular formula is C15H19N3O2S. The summed E-state index contributed by atoms with van der Waals surface area (Å²) in [5.74, 6) is 0. The minimum Gasteiger partial charge on any atom is -0.391 e. The Kier molecular flexibility index (Phi) is 5.71. The summed E-state index contributed by atoms with van der Waals surface area (Å²) in [6.45, 7) is 2.24. The van der Waals surface area contributed by atoms with Gasteiger partial charge in [-0.25, -0.2) is 9.78 Å². The van der Waals surface area contributed by atoms with Crippen LogP contribution in [0.3, 0.4) is 0 Å². The molecule has 0 fully saturated rings. The molecular weight excluding hydrogens is 286 g/mol. The molecule has 0 aliphatic heterocycles. The van der Waals surface area contributed by atoms with Crippen LogP contribution in [0.2, 0.25) is 0 Å². The van der Waals surface area contributed by atoms with Crippen molar-refractivity contribution in [2.75, 3.05) is 11.9 Å². The Labute approximate surface area is 128 Å². The van der Waals surface area contributed by atoms with Crippen LogP contribution in [-0.4, -0.2) is 28.8 Å². The van der Waals surface area contributed by atoms with Gasteiger partial charge in [0.25, 0.3) is 0 Å². The maximum atomic E-state index is 11.7. The monoisotopic (exact) mass is 305 g/mol. The third-order valence-electron chi connectivity index (χ3n) is 2.93. The Hall–Kier alpha value is -1.92. The molecule has 1 atom stereocenters. The molecule has 6 heteroatoms. The van der Waals surface area contributed by atoms with E-state index in [1.165, 1.54) is 11.3 Å². The van der Waals surface area contributed by atoms with Crippen molar-refractivity contribution in [3.63, 3.8) is 0 Å². The number of rotatable bonds is 6. The maximum absolute atomic E-state index is 11.7. The van der Waals surface area contributed by atoms with Crippen LogP contribution < -0.4 is 10.6 Å². The first-order valence-corrected chi connectivity index (χ1v) is 7.70. The van der Waals surface area contributed by atoms with Gasteiger partial charge < -0.3 is 10.4 Å². The minimum atomic E-state index is -0.611. The van der Waals surface area contributed by atoms with E-state index in [2.05, 4.69) is 15.6 Å². The van der Waals surface area contributed by atoms with Gasteiger partial charge in [-0.1, -0.05) is 37.3 Å². The van der Waals surface area contributed by atoms with Crippen molar-refractivity contribution >= 4 is 22.5 Å². The molecule has 3 N–H and O–H groups in total. The quantitative estimate of drug-likeness (QED) is 0.767. The summed E-state index contributed by atoms with van der Waals surface area (Å²) in [7, 11) is 0. The third kappa shape index (κ3) is 5.17. The number of hydrogen-bond donors (Lipinski definition) is 3. The highest BCUT2D eigenvalue weighted by Crippen LogP contribution is 2.17. The molecule has 0 aliphatic carbocycles. The van der Waals surface area contributed by atoms with Crippen LogP contribution in [0.5, 0.6) is 0 Å². The molecule has 2 amide bonds. The van der Waals surface area contributed by atoms with Crippen LogP contribution >= 0.6 is 11.3 Å². The zero-order chi connectivity index (χ0) is 15.1. The molecule has 0 saturated carbocycles. The smallest absolute Gasteiger partial charge is 0.321 e.